The molecule has 2 aliphatic heterocycles. The number of carbonyl (C=O) groups excluding carboxylic acids is 1. The summed E-state index contributed by atoms with van der Waals surface area (Å²) >= 11 is 0. The van der Waals surface area contributed by atoms with Gasteiger partial charge < -0.3 is 19.4 Å². The zero-order valence-corrected chi connectivity index (χ0v) is 25.7. The Bertz CT molecular complexity index is 650. The molecule has 6 heteroatoms. The molecule has 2 heterocycles. The Morgan fingerprint density at radius 2 is 1.32 bits per heavy atom. The number of esters is 1. The highest BCUT2D eigenvalue weighted by molar-refractivity contribution is 5.69. The van der Waals surface area contributed by atoms with Crippen LogP contribution in [0, 0.1) is 0 Å². The molecule has 0 aromatic carbocycles. The average Bonchev–Trinajstić information content (AvgIpc) is 3.28. The Balaban J connectivity index is 1.50. The van der Waals surface area contributed by atoms with E-state index in [1.807, 2.05) is 13.8 Å². The fourth-order valence-electron chi connectivity index (χ4n) is 6.60. The van der Waals surface area contributed by atoms with Gasteiger partial charge in [0.15, 0.2) is 5.79 Å². The number of hydrogen-bond acceptors (Lipinski definition) is 6. The molecule has 6 nitrogen and oxygen atoms in total. The van der Waals surface area contributed by atoms with Gasteiger partial charge in [-0.05, 0) is 33.1 Å². The Hall–Kier alpha value is -0.690. The molecule has 2 atom stereocenters. The largest absolute Gasteiger partial charge is 0.463 e. The maximum atomic E-state index is 12.3. The smallest absolute Gasteiger partial charge is 0.305 e. The number of rotatable bonds is 20. The van der Waals surface area contributed by atoms with Crippen molar-refractivity contribution in [2.75, 3.05) is 13.2 Å². The van der Waals surface area contributed by atoms with E-state index in [0.717, 1.165) is 25.7 Å². The quantitative estimate of drug-likeness (QED) is 0.123. The summed E-state index contributed by atoms with van der Waals surface area (Å²) in [5.41, 5.74) is -0.829. The standard InChI is InChI=1S/C32H61NO5/c1-6-9-10-11-12-13-14-15-16-17-18-19-20-21-22-23-29(34)36-24-28-25-37-32(38-28)26-30(4,5)33(35)31(7-2,8-3)27-32/h28,35H,6-27H2,1-5H3. The van der Waals surface area contributed by atoms with Crippen LogP contribution in [0.15, 0.2) is 0 Å². The molecule has 2 aliphatic rings. The van der Waals surface area contributed by atoms with Crippen molar-refractivity contribution >= 4 is 5.97 Å². The summed E-state index contributed by atoms with van der Waals surface area (Å²) in [6.07, 6.45) is 22.8. The number of nitrogens with zero attached hydrogens (tertiary/aromatic N) is 1. The van der Waals surface area contributed by atoms with Crippen LogP contribution in [0.2, 0.25) is 0 Å². The Kier molecular flexibility index (Phi) is 15.2. The van der Waals surface area contributed by atoms with Gasteiger partial charge in [-0.3, -0.25) is 4.79 Å². The van der Waals surface area contributed by atoms with Crippen LogP contribution in [0.3, 0.4) is 0 Å². The van der Waals surface area contributed by atoms with Crippen molar-refractivity contribution in [3.05, 3.63) is 0 Å². The fraction of sp³-hybridized carbons (Fsp3) is 0.969. The first-order chi connectivity index (χ1) is 18.2. The molecule has 224 valence electrons. The van der Waals surface area contributed by atoms with Crippen LogP contribution < -0.4 is 0 Å². The fourth-order valence-corrected chi connectivity index (χ4v) is 6.60. The second-order valence-corrected chi connectivity index (χ2v) is 12.8. The average molecular weight is 540 g/mol. The Morgan fingerprint density at radius 3 is 1.82 bits per heavy atom. The summed E-state index contributed by atoms with van der Waals surface area (Å²) in [4.78, 5) is 12.3. The van der Waals surface area contributed by atoms with Crippen LogP contribution in [-0.2, 0) is 19.0 Å². The monoisotopic (exact) mass is 539 g/mol. The predicted octanol–water partition coefficient (Wildman–Crippen LogP) is 8.73. The van der Waals surface area contributed by atoms with Gasteiger partial charge in [0.05, 0.1) is 12.1 Å². The minimum absolute atomic E-state index is 0.133. The SMILES string of the molecule is CCCCCCCCCCCCCCCCCC(=O)OCC1COC2(CC(C)(C)N(O)C(CC)(CC)C2)O1. The highest BCUT2D eigenvalue weighted by atomic mass is 16.8. The number of hydrogen-bond donors (Lipinski definition) is 1. The first-order valence-electron chi connectivity index (χ1n) is 16.2. The van der Waals surface area contributed by atoms with E-state index in [4.69, 9.17) is 14.2 Å². The molecule has 0 aromatic heterocycles. The van der Waals surface area contributed by atoms with Crippen molar-refractivity contribution in [2.24, 2.45) is 0 Å². The summed E-state index contributed by atoms with van der Waals surface area (Å²) < 4.78 is 18.1. The van der Waals surface area contributed by atoms with Gasteiger partial charge >= 0.3 is 5.97 Å². The molecular formula is C32H61NO5. The summed E-state index contributed by atoms with van der Waals surface area (Å²) in [6.45, 7) is 11.2. The van der Waals surface area contributed by atoms with Crippen LogP contribution in [0.4, 0.5) is 0 Å². The molecule has 0 aliphatic carbocycles. The number of ether oxygens (including phenoxy) is 3. The number of hydroxylamine groups is 2. The molecule has 2 saturated heterocycles. The third-order valence-corrected chi connectivity index (χ3v) is 8.97. The van der Waals surface area contributed by atoms with Gasteiger partial charge in [0.1, 0.15) is 12.7 Å². The highest BCUT2D eigenvalue weighted by Crippen LogP contribution is 2.50. The van der Waals surface area contributed by atoms with Crippen molar-refractivity contribution < 1.29 is 24.2 Å². The van der Waals surface area contributed by atoms with E-state index >= 15 is 0 Å². The third kappa shape index (κ3) is 10.7. The molecule has 2 unspecified atom stereocenters. The summed E-state index contributed by atoms with van der Waals surface area (Å²) in [5, 5.41) is 12.4. The van der Waals surface area contributed by atoms with Crippen LogP contribution in [0.25, 0.3) is 0 Å². The first kappa shape index (κ1) is 33.5. The van der Waals surface area contributed by atoms with Gasteiger partial charge in [-0.1, -0.05) is 111 Å². The van der Waals surface area contributed by atoms with E-state index in [-0.39, 0.29) is 24.2 Å². The molecule has 2 fully saturated rings. The lowest BCUT2D eigenvalue weighted by Crippen LogP contribution is -2.66. The Labute approximate surface area is 234 Å². The van der Waals surface area contributed by atoms with Crippen LogP contribution >= 0.6 is 0 Å². The van der Waals surface area contributed by atoms with Gasteiger partial charge in [-0.2, -0.15) is 5.06 Å². The number of carbonyl (C=O) groups is 1. The van der Waals surface area contributed by atoms with E-state index in [1.54, 1.807) is 0 Å². The normalized spacial score (nSPS) is 24.7. The lowest BCUT2D eigenvalue weighted by atomic mass is 9.73. The van der Waals surface area contributed by atoms with Crippen LogP contribution in [-0.4, -0.2) is 52.4 Å². The maximum Gasteiger partial charge on any atom is 0.305 e. The van der Waals surface area contributed by atoms with Crippen LogP contribution in [0.5, 0.6) is 0 Å². The predicted molar refractivity (Wildman–Crippen MR) is 154 cm³/mol. The third-order valence-electron chi connectivity index (χ3n) is 8.97. The van der Waals surface area contributed by atoms with Gasteiger partial charge in [-0.15, -0.1) is 0 Å². The highest BCUT2D eigenvalue weighted by Gasteiger charge is 2.58. The van der Waals surface area contributed by atoms with E-state index in [0.29, 0.717) is 25.9 Å². The summed E-state index contributed by atoms with van der Waals surface area (Å²) in [6, 6.07) is 0. The zero-order chi connectivity index (χ0) is 27.9. The molecule has 0 amide bonds. The van der Waals surface area contributed by atoms with Crippen LogP contribution in [0.1, 0.15) is 163 Å². The first-order valence-corrected chi connectivity index (χ1v) is 16.2. The second kappa shape index (κ2) is 17.2. The molecular weight excluding hydrogens is 478 g/mol. The van der Waals surface area contributed by atoms with E-state index in [2.05, 4.69) is 20.8 Å². The molecule has 38 heavy (non-hydrogen) atoms. The van der Waals surface area contributed by atoms with Gasteiger partial charge in [0.25, 0.3) is 0 Å². The summed E-state index contributed by atoms with van der Waals surface area (Å²) in [5.74, 6) is -0.855. The lowest BCUT2D eigenvalue weighted by molar-refractivity contribution is -0.327. The van der Waals surface area contributed by atoms with Crippen molar-refractivity contribution in [3.63, 3.8) is 0 Å². The van der Waals surface area contributed by atoms with Crippen molar-refractivity contribution in [3.8, 4) is 0 Å². The van der Waals surface area contributed by atoms with E-state index in [1.165, 1.54) is 88.5 Å². The topological polar surface area (TPSA) is 68.2 Å². The molecule has 2 rings (SSSR count). The molecule has 0 saturated carbocycles. The van der Waals surface area contributed by atoms with Gasteiger partial charge in [0.2, 0.25) is 0 Å². The van der Waals surface area contributed by atoms with Crippen molar-refractivity contribution in [1.29, 1.82) is 0 Å². The number of unbranched alkanes of at least 4 members (excludes halogenated alkanes) is 14. The molecule has 0 aromatic rings. The lowest BCUT2D eigenvalue weighted by Gasteiger charge is -2.56. The number of piperidine rings is 1. The zero-order valence-electron chi connectivity index (χ0n) is 25.7. The van der Waals surface area contributed by atoms with Gasteiger partial charge in [0, 0.05) is 24.8 Å². The Morgan fingerprint density at radius 1 is 0.816 bits per heavy atom. The van der Waals surface area contributed by atoms with Gasteiger partial charge in [-0.25, -0.2) is 0 Å². The van der Waals surface area contributed by atoms with E-state index < -0.39 is 11.3 Å². The molecule has 1 N–H and O–H groups in total. The van der Waals surface area contributed by atoms with Crippen molar-refractivity contribution in [2.45, 2.75) is 186 Å². The second-order valence-electron chi connectivity index (χ2n) is 12.8. The summed E-state index contributed by atoms with van der Waals surface area (Å²) in [7, 11) is 0. The molecule has 0 radical (unpaired) electrons. The molecule has 0 bridgehead atoms. The van der Waals surface area contributed by atoms with Crippen molar-refractivity contribution in [1.82, 2.24) is 5.06 Å². The molecule has 1 spiro atoms. The minimum Gasteiger partial charge on any atom is -0.463 e. The maximum absolute atomic E-state index is 12.3. The van der Waals surface area contributed by atoms with E-state index in [9.17, 15) is 10.0 Å². The minimum atomic E-state index is -0.722.